The molecule has 2 rings (SSSR count). The second-order valence-electron chi connectivity index (χ2n) is 4.51. The van der Waals surface area contributed by atoms with Crippen molar-refractivity contribution in [2.24, 2.45) is 5.10 Å². The average molecular weight is 237 g/mol. The number of halogens is 1. The fourth-order valence-corrected chi connectivity index (χ4v) is 1.76. The zero-order chi connectivity index (χ0) is 11.8. The van der Waals surface area contributed by atoms with Crippen molar-refractivity contribution in [1.82, 2.24) is 0 Å². The molecule has 0 unspecified atom stereocenters. The zero-order valence-electron chi connectivity index (χ0n) is 9.27. The monoisotopic (exact) mass is 236 g/mol. The highest BCUT2D eigenvalue weighted by Crippen LogP contribution is 2.20. The lowest BCUT2D eigenvalue weighted by atomic mass is 10.0. The first-order chi connectivity index (χ1) is 7.47. The molecule has 0 bridgehead atoms. The number of rotatable bonds is 1. The lowest BCUT2D eigenvalue weighted by molar-refractivity contribution is -0.591. The van der Waals surface area contributed by atoms with E-state index in [1.54, 1.807) is 4.68 Å². The molecule has 0 N–H and O–H groups in total. The number of nitrogens with zero attached hydrogens (tertiary/aromatic N) is 2. The molecule has 84 valence electrons. The molecule has 0 atom stereocenters. The third kappa shape index (κ3) is 2.25. The Morgan fingerprint density at radius 1 is 1.38 bits per heavy atom. The van der Waals surface area contributed by atoms with Gasteiger partial charge in [-0.2, -0.15) is 0 Å². The molecule has 0 aliphatic carbocycles. The van der Waals surface area contributed by atoms with E-state index in [9.17, 15) is 5.11 Å². The van der Waals surface area contributed by atoms with Crippen molar-refractivity contribution in [2.45, 2.75) is 25.8 Å². The Hall–Kier alpha value is -1.35. The van der Waals surface area contributed by atoms with Gasteiger partial charge in [0.05, 0.1) is 0 Å². The Labute approximate surface area is 99.7 Å². The SMILES string of the molecule is CC1(C)CC([O-])=N/[N+]1=C/c1ccc(Cl)cc1. The van der Waals surface area contributed by atoms with Gasteiger partial charge in [-0.05, 0) is 29.4 Å². The van der Waals surface area contributed by atoms with E-state index in [-0.39, 0.29) is 11.4 Å². The summed E-state index contributed by atoms with van der Waals surface area (Å²) in [6.07, 6.45) is 2.32. The quantitative estimate of drug-likeness (QED) is 0.683. The van der Waals surface area contributed by atoms with Crippen LogP contribution in [-0.4, -0.2) is 22.3 Å². The van der Waals surface area contributed by atoms with Crippen molar-refractivity contribution in [2.75, 3.05) is 0 Å². The Bertz CT molecular complexity index is 460. The third-order valence-electron chi connectivity index (χ3n) is 2.56. The molecule has 3 nitrogen and oxygen atoms in total. The first-order valence-corrected chi connectivity index (χ1v) is 5.49. The molecule has 16 heavy (non-hydrogen) atoms. The van der Waals surface area contributed by atoms with Gasteiger partial charge in [-0.25, -0.2) is 0 Å². The van der Waals surface area contributed by atoms with Crippen LogP contribution >= 0.6 is 11.6 Å². The lowest BCUT2D eigenvalue weighted by Crippen LogP contribution is -2.31. The van der Waals surface area contributed by atoms with Crippen LogP contribution in [0.3, 0.4) is 0 Å². The van der Waals surface area contributed by atoms with Gasteiger partial charge in [0.2, 0.25) is 6.21 Å². The van der Waals surface area contributed by atoms with Crippen LogP contribution in [0.2, 0.25) is 5.02 Å². The average Bonchev–Trinajstić information content (AvgIpc) is 2.43. The normalized spacial score (nSPS) is 21.2. The summed E-state index contributed by atoms with van der Waals surface area (Å²) >= 11 is 5.80. The van der Waals surface area contributed by atoms with Crippen LogP contribution in [0.4, 0.5) is 0 Å². The minimum atomic E-state index is -0.239. The maximum atomic E-state index is 11.3. The van der Waals surface area contributed by atoms with Crippen LogP contribution in [0.15, 0.2) is 29.4 Å². The summed E-state index contributed by atoms with van der Waals surface area (Å²) in [6.45, 7) is 3.99. The number of hydrazone groups is 1. The summed E-state index contributed by atoms with van der Waals surface area (Å²) in [5, 5.41) is 15.9. The topological polar surface area (TPSA) is 38.4 Å². The van der Waals surface area contributed by atoms with Crippen LogP contribution in [-0.2, 0) is 0 Å². The van der Waals surface area contributed by atoms with Gasteiger partial charge in [0.15, 0.2) is 5.54 Å². The summed E-state index contributed by atoms with van der Waals surface area (Å²) in [5.41, 5.74) is 0.743. The van der Waals surface area contributed by atoms with E-state index in [0.29, 0.717) is 11.4 Å². The molecule has 1 aliphatic heterocycles. The van der Waals surface area contributed by atoms with E-state index in [1.165, 1.54) is 0 Å². The van der Waals surface area contributed by atoms with Gasteiger partial charge in [0.25, 0.3) is 0 Å². The minimum absolute atomic E-state index is 0.0739. The smallest absolute Gasteiger partial charge is 0.203 e. The predicted octanol–water partition coefficient (Wildman–Crippen LogP) is 1.63. The maximum Gasteiger partial charge on any atom is 0.203 e. The van der Waals surface area contributed by atoms with Crippen molar-refractivity contribution < 1.29 is 9.79 Å². The van der Waals surface area contributed by atoms with Crippen LogP contribution in [0.5, 0.6) is 0 Å². The molecule has 0 amide bonds. The Balaban J connectivity index is 2.34. The second-order valence-corrected chi connectivity index (χ2v) is 4.94. The van der Waals surface area contributed by atoms with Crippen molar-refractivity contribution >= 4 is 23.7 Å². The summed E-state index contributed by atoms with van der Waals surface area (Å²) < 4.78 is 1.72. The summed E-state index contributed by atoms with van der Waals surface area (Å²) in [6, 6.07) is 7.43. The molecule has 0 radical (unpaired) electrons. The summed E-state index contributed by atoms with van der Waals surface area (Å²) in [7, 11) is 0. The highest BCUT2D eigenvalue weighted by atomic mass is 35.5. The first-order valence-electron chi connectivity index (χ1n) is 5.12. The van der Waals surface area contributed by atoms with E-state index in [0.717, 1.165) is 5.56 Å². The summed E-state index contributed by atoms with van der Waals surface area (Å²) in [4.78, 5) is 0. The predicted molar refractivity (Wildman–Crippen MR) is 63.0 cm³/mol. The van der Waals surface area contributed by atoms with Gasteiger partial charge in [-0.15, -0.1) is 0 Å². The molecule has 0 fully saturated rings. The van der Waals surface area contributed by atoms with Crippen LogP contribution in [0.1, 0.15) is 25.8 Å². The molecule has 0 saturated heterocycles. The van der Waals surface area contributed by atoms with Gasteiger partial charge in [0.1, 0.15) is 0 Å². The highest BCUT2D eigenvalue weighted by Gasteiger charge is 2.36. The summed E-state index contributed by atoms with van der Waals surface area (Å²) in [5.74, 6) is -0.0739. The second kappa shape index (κ2) is 3.91. The van der Waals surface area contributed by atoms with Crippen LogP contribution < -0.4 is 5.11 Å². The molecule has 4 heteroatoms. The number of benzene rings is 1. The van der Waals surface area contributed by atoms with E-state index >= 15 is 0 Å². The van der Waals surface area contributed by atoms with Gasteiger partial charge in [0, 0.05) is 36.8 Å². The number of hydrogen-bond acceptors (Lipinski definition) is 2. The molecular formula is C12H13ClN2O. The van der Waals surface area contributed by atoms with Crippen molar-refractivity contribution in [1.29, 1.82) is 0 Å². The van der Waals surface area contributed by atoms with Gasteiger partial charge < -0.3 is 5.11 Å². The number of hydrogen-bond donors (Lipinski definition) is 0. The van der Waals surface area contributed by atoms with E-state index in [4.69, 9.17) is 11.6 Å². The Morgan fingerprint density at radius 3 is 2.50 bits per heavy atom. The van der Waals surface area contributed by atoms with Gasteiger partial charge in [-0.1, -0.05) is 16.3 Å². The van der Waals surface area contributed by atoms with Crippen molar-refractivity contribution in [3.05, 3.63) is 34.9 Å². The zero-order valence-corrected chi connectivity index (χ0v) is 10.0. The van der Waals surface area contributed by atoms with E-state index in [2.05, 4.69) is 5.10 Å². The standard InChI is InChI=1S/C12H13ClN2O/c1-12(2)7-11(16)14-15(12)8-9-3-5-10(13)6-4-9/h3-6,8H,7H2,1-2H3/b15-8+. The molecule has 1 heterocycles. The van der Waals surface area contributed by atoms with Crippen LogP contribution in [0, 0.1) is 0 Å². The molecule has 1 aromatic rings. The first kappa shape index (κ1) is 11.1. The Kier molecular flexibility index (Phi) is 2.72. The molecule has 0 spiro atoms. The molecule has 0 saturated carbocycles. The molecule has 0 aromatic heterocycles. The Morgan fingerprint density at radius 2 is 2.00 bits per heavy atom. The fourth-order valence-electron chi connectivity index (χ4n) is 1.64. The largest absolute Gasteiger partial charge is 0.857 e. The van der Waals surface area contributed by atoms with Crippen LogP contribution in [0.25, 0.3) is 0 Å². The van der Waals surface area contributed by atoms with Crippen molar-refractivity contribution in [3.63, 3.8) is 0 Å². The van der Waals surface area contributed by atoms with Crippen molar-refractivity contribution in [3.8, 4) is 0 Å². The fraction of sp³-hybridized carbons (Fsp3) is 0.333. The van der Waals surface area contributed by atoms with Gasteiger partial charge >= 0.3 is 0 Å². The molecule has 1 aromatic carbocycles. The third-order valence-corrected chi connectivity index (χ3v) is 2.82. The molecular weight excluding hydrogens is 224 g/mol. The lowest BCUT2D eigenvalue weighted by Gasteiger charge is -2.11. The highest BCUT2D eigenvalue weighted by molar-refractivity contribution is 6.30. The minimum Gasteiger partial charge on any atom is -0.857 e. The maximum absolute atomic E-state index is 11.3. The van der Waals surface area contributed by atoms with Gasteiger partial charge in [-0.3, -0.25) is 0 Å². The van der Waals surface area contributed by atoms with E-state index < -0.39 is 0 Å². The van der Waals surface area contributed by atoms with E-state index in [1.807, 2.05) is 44.3 Å². The molecule has 1 aliphatic rings.